The Balaban J connectivity index is 2.44. The van der Waals surface area contributed by atoms with Gasteiger partial charge < -0.3 is 9.30 Å². The molecule has 0 saturated carbocycles. The van der Waals surface area contributed by atoms with E-state index in [1.807, 2.05) is 13.0 Å². The standard InChI is InChI=1S/C15H22N2O/c1-5-18-11-10-17-13-9-7-6-8-12(13)16-14(17)15(2,3)4/h6-9H,5,10-11H2,1-4H3. The Morgan fingerprint density at radius 2 is 1.94 bits per heavy atom. The molecule has 1 heterocycles. The lowest BCUT2D eigenvalue weighted by molar-refractivity contribution is 0.138. The second kappa shape index (κ2) is 5.11. The van der Waals surface area contributed by atoms with E-state index in [2.05, 4.69) is 43.5 Å². The first-order chi connectivity index (χ1) is 8.54. The third-order valence-corrected chi connectivity index (χ3v) is 2.99. The van der Waals surface area contributed by atoms with Gasteiger partial charge in [0.2, 0.25) is 0 Å². The largest absolute Gasteiger partial charge is 0.380 e. The molecule has 0 bridgehead atoms. The predicted molar refractivity (Wildman–Crippen MR) is 74.9 cm³/mol. The number of benzene rings is 1. The fourth-order valence-corrected chi connectivity index (χ4v) is 2.17. The summed E-state index contributed by atoms with van der Waals surface area (Å²) >= 11 is 0. The van der Waals surface area contributed by atoms with Crippen LogP contribution >= 0.6 is 0 Å². The summed E-state index contributed by atoms with van der Waals surface area (Å²) in [7, 11) is 0. The van der Waals surface area contributed by atoms with Gasteiger partial charge in [0.15, 0.2) is 0 Å². The zero-order valence-electron chi connectivity index (χ0n) is 11.7. The second-order valence-corrected chi connectivity index (χ2v) is 5.52. The van der Waals surface area contributed by atoms with Gasteiger partial charge in [-0.1, -0.05) is 32.9 Å². The first-order valence-corrected chi connectivity index (χ1v) is 6.57. The van der Waals surface area contributed by atoms with Gasteiger partial charge in [-0.05, 0) is 19.1 Å². The van der Waals surface area contributed by atoms with Crippen LogP contribution in [0.2, 0.25) is 0 Å². The molecule has 0 spiro atoms. The number of fused-ring (bicyclic) bond motifs is 1. The van der Waals surface area contributed by atoms with Crippen molar-refractivity contribution in [2.24, 2.45) is 0 Å². The summed E-state index contributed by atoms with van der Waals surface area (Å²) in [6.07, 6.45) is 0. The number of ether oxygens (including phenoxy) is 1. The molecule has 1 aromatic heterocycles. The van der Waals surface area contributed by atoms with E-state index < -0.39 is 0 Å². The van der Waals surface area contributed by atoms with Crippen LogP contribution in [0.3, 0.4) is 0 Å². The van der Waals surface area contributed by atoms with Crippen LogP contribution in [0.1, 0.15) is 33.5 Å². The molecule has 0 saturated heterocycles. The van der Waals surface area contributed by atoms with Crippen molar-refractivity contribution in [3.8, 4) is 0 Å². The number of rotatable bonds is 4. The van der Waals surface area contributed by atoms with Crippen LogP contribution < -0.4 is 0 Å². The molecule has 0 aliphatic heterocycles. The molecule has 0 amide bonds. The average Bonchev–Trinajstić information content (AvgIpc) is 2.69. The molecular weight excluding hydrogens is 224 g/mol. The van der Waals surface area contributed by atoms with E-state index in [1.165, 1.54) is 5.52 Å². The van der Waals surface area contributed by atoms with Gasteiger partial charge >= 0.3 is 0 Å². The van der Waals surface area contributed by atoms with Crippen LogP contribution in [0, 0.1) is 0 Å². The Labute approximate surface area is 109 Å². The highest BCUT2D eigenvalue weighted by Gasteiger charge is 2.22. The van der Waals surface area contributed by atoms with Gasteiger partial charge in [-0.3, -0.25) is 0 Å². The molecule has 18 heavy (non-hydrogen) atoms. The Bertz CT molecular complexity index is 523. The second-order valence-electron chi connectivity index (χ2n) is 5.52. The number of imidazole rings is 1. The third-order valence-electron chi connectivity index (χ3n) is 2.99. The zero-order chi connectivity index (χ0) is 13.2. The highest BCUT2D eigenvalue weighted by Crippen LogP contribution is 2.26. The van der Waals surface area contributed by atoms with Crippen molar-refractivity contribution in [2.45, 2.75) is 39.7 Å². The number of nitrogens with zero attached hydrogens (tertiary/aromatic N) is 2. The lowest BCUT2D eigenvalue weighted by Gasteiger charge is -2.20. The lowest BCUT2D eigenvalue weighted by Crippen LogP contribution is -2.20. The smallest absolute Gasteiger partial charge is 0.115 e. The maximum Gasteiger partial charge on any atom is 0.115 e. The maximum absolute atomic E-state index is 5.47. The van der Waals surface area contributed by atoms with E-state index in [0.29, 0.717) is 0 Å². The van der Waals surface area contributed by atoms with Gasteiger partial charge in [-0.2, -0.15) is 0 Å². The molecule has 0 N–H and O–H groups in total. The molecule has 3 heteroatoms. The summed E-state index contributed by atoms with van der Waals surface area (Å²) in [6.45, 7) is 11.0. The van der Waals surface area contributed by atoms with Crippen molar-refractivity contribution < 1.29 is 4.74 Å². The number of aromatic nitrogens is 2. The van der Waals surface area contributed by atoms with Crippen molar-refractivity contribution in [3.05, 3.63) is 30.1 Å². The van der Waals surface area contributed by atoms with Crippen molar-refractivity contribution in [1.29, 1.82) is 0 Å². The topological polar surface area (TPSA) is 27.1 Å². The van der Waals surface area contributed by atoms with Crippen molar-refractivity contribution >= 4 is 11.0 Å². The Morgan fingerprint density at radius 3 is 2.61 bits per heavy atom. The van der Waals surface area contributed by atoms with E-state index in [4.69, 9.17) is 9.72 Å². The number of hydrogen-bond acceptors (Lipinski definition) is 2. The van der Waals surface area contributed by atoms with Gasteiger partial charge in [-0.25, -0.2) is 4.98 Å². The summed E-state index contributed by atoms with van der Waals surface area (Å²) in [6, 6.07) is 8.30. The van der Waals surface area contributed by atoms with Gasteiger partial charge in [0.1, 0.15) is 5.82 Å². The first-order valence-electron chi connectivity index (χ1n) is 6.57. The molecule has 0 fully saturated rings. The lowest BCUT2D eigenvalue weighted by atomic mass is 9.95. The summed E-state index contributed by atoms with van der Waals surface area (Å²) in [4.78, 5) is 4.77. The van der Waals surface area contributed by atoms with Crippen molar-refractivity contribution in [1.82, 2.24) is 9.55 Å². The molecule has 3 nitrogen and oxygen atoms in total. The third kappa shape index (κ3) is 2.56. The molecule has 0 aliphatic rings. The van der Waals surface area contributed by atoms with Crippen LogP contribution in [0.15, 0.2) is 24.3 Å². The van der Waals surface area contributed by atoms with Crippen LogP contribution in [0.25, 0.3) is 11.0 Å². The zero-order valence-corrected chi connectivity index (χ0v) is 11.7. The molecule has 0 radical (unpaired) electrons. The molecule has 98 valence electrons. The first kappa shape index (κ1) is 13.1. The van der Waals surface area contributed by atoms with Crippen LogP contribution in [-0.2, 0) is 16.7 Å². The van der Waals surface area contributed by atoms with Crippen molar-refractivity contribution in [2.75, 3.05) is 13.2 Å². The maximum atomic E-state index is 5.47. The van der Waals surface area contributed by atoms with Crippen LogP contribution in [0.4, 0.5) is 0 Å². The minimum atomic E-state index is 0.0469. The monoisotopic (exact) mass is 246 g/mol. The molecular formula is C15H22N2O. The molecule has 0 aliphatic carbocycles. The minimum absolute atomic E-state index is 0.0469. The quantitative estimate of drug-likeness (QED) is 0.773. The van der Waals surface area contributed by atoms with Crippen molar-refractivity contribution in [3.63, 3.8) is 0 Å². The van der Waals surface area contributed by atoms with Gasteiger partial charge in [-0.15, -0.1) is 0 Å². The van der Waals surface area contributed by atoms with Gasteiger partial charge in [0.25, 0.3) is 0 Å². The van der Waals surface area contributed by atoms with E-state index in [-0.39, 0.29) is 5.41 Å². The van der Waals surface area contributed by atoms with Gasteiger partial charge in [0, 0.05) is 18.6 Å². The summed E-state index contributed by atoms with van der Waals surface area (Å²) in [5, 5.41) is 0. The molecule has 2 rings (SSSR count). The van der Waals surface area contributed by atoms with Crippen LogP contribution in [0.5, 0.6) is 0 Å². The highest BCUT2D eigenvalue weighted by molar-refractivity contribution is 5.76. The molecule has 2 aromatic rings. The average molecular weight is 246 g/mol. The molecule has 0 atom stereocenters. The summed E-state index contributed by atoms with van der Waals surface area (Å²) in [5.74, 6) is 1.13. The minimum Gasteiger partial charge on any atom is -0.380 e. The van der Waals surface area contributed by atoms with Crippen LogP contribution in [-0.4, -0.2) is 22.8 Å². The SMILES string of the molecule is CCOCCn1c(C(C)(C)C)nc2ccccc21. The Kier molecular flexibility index (Phi) is 3.71. The van der Waals surface area contributed by atoms with E-state index in [1.54, 1.807) is 0 Å². The van der Waals surface area contributed by atoms with E-state index >= 15 is 0 Å². The normalized spacial score (nSPS) is 12.2. The highest BCUT2D eigenvalue weighted by atomic mass is 16.5. The van der Waals surface area contributed by atoms with E-state index in [9.17, 15) is 0 Å². The fourth-order valence-electron chi connectivity index (χ4n) is 2.17. The summed E-state index contributed by atoms with van der Waals surface area (Å²) in [5.41, 5.74) is 2.31. The Morgan fingerprint density at radius 1 is 1.22 bits per heavy atom. The number of hydrogen-bond donors (Lipinski definition) is 0. The fraction of sp³-hybridized carbons (Fsp3) is 0.533. The van der Waals surface area contributed by atoms with Gasteiger partial charge in [0.05, 0.1) is 17.6 Å². The molecule has 1 aromatic carbocycles. The predicted octanol–water partition coefficient (Wildman–Crippen LogP) is 3.37. The Hall–Kier alpha value is -1.35. The number of para-hydroxylation sites is 2. The summed E-state index contributed by atoms with van der Waals surface area (Å²) < 4.78 is 7.76. The van der Waals surface area contributed by atoms with E-state index in [0.717, 1.165) is 31.1 Å². The molecule has 0 unspecified atom stereocenters.